The average molecular weight is 756 g/mol. The number of nitrogens with zero attached hydrogens (tertiary/aromatic N) is 5. The lowest BCUT2D eigenvalue weighted by atomic mass is 9.82. The molecule has 0 spiro atoms. The molecule has 0 aliphatic heterocycles. The molecule has 3 heterocycles. The van der Waals surface area contributed by atoms with E-state index in [0.717, 1.165) is 44.5 Å². The van der Waals surface area contributed by atoms with Crippen molar-refractivity contribution in [3.8, 4) is 56.7 Å². The highest BCUT2D eigenvalue weighted by Gasteiger charge is 2.37. The van der Waals surface area contributed by atoms with Crippen molar-refractivity contribution < 1.29 is 0 Å². The van der Waals surface area contributed by atoms with E-state index < -0.39 is 0 Å². The molecule has 0 bridgehead atoms. The first-order chi connectivity index (χ1) is 29.0. The van der Waals surface area contributed by atoms with E-state index in [-0.39, 0.29) is 5.41 Å². The van der Waals surface area contributed by atoms with E-state index in [2.05, 4.69) is 211 Å². The topological polar surface area (TPSA) is 48.5 Å². The molecular formula is C54H37N5. The normalized spacial score (nSPS) is 13.1. The number of benzene rings is 8. The first-order valence-electron chi connectivity index (χ1n) is 20.2. The molecule has 8 aromatic carbocycles. The van der Waals surface area contributed by atoms with E-state index >= 15 is 0 Å². The number of rotatable bonds is 5. The average Bonchev–Trinajstić information content (AvgIpc) is 3.89. The van der Waals surface area contributed by atoms with Crippen LogP contribution in [0, 0.1) is 0 Å². The zero-order valence-corrected chi connectivity index (χ0v) is 32.6. The van der Waals surface area contributed by atoms with Crippen molar-refractivity contribution >= 4 is 43.6 Å². The molecule has 5 heteroatoms. The molecule has 278 valence electrons. The lowest BCUT2D eigenvalue weighted by molar-refractivity contribution is 0.660. The van der Waals surface area contributed by atoms with Crippen molar-refractivity contribution in [3.63, 3.8) is 0 Å². The lowest BCUT2D eigenvalue weighted by Crippen LogP contribution is -2.14. The summed E-state index contributed by atoms with van der Waals surface area (Å²) in [7, 11) is 0. The van der Waals surface area contributed by atoms with Gasteiger partial charge in [0.25, 0.3) is 0 Å². The Morgan fingerprint density at radius 2 is 0.831 bits per heavy atom. The Balaban J connectivity index is 1.06. The maximum Gasteiger partial charge on any atom is 0.164 e. The predicted octanol–water partition coefficient (Wildman–Crippen LogP) is 13.4. The summed E-state index contributed by atoms with van der Waals surface area (Å²) in [6, 6.07) is 67.0. The summed E-state index contributed by atoms with van der Waals surface area (Å²) in [5.41, 5.74) is 14.6. The minimum Gasteiger partial charge on any atom is -0.309 e. The van der Waals surface area contributed by atoms with Gasteiger partial charge >= 0.3 is 0 Å². The van der Waals surface area contributed by atoms with Gasteiger partial charge in [0.2, 0.25) is 0 Å². The molecule has 0 fully saturated rings. The SMILES string of the molecule is CC1(C)c2ccccc2-c2c(-c3nc(-c4ccc(-n5c6ccccc6c6ccccc65)cc4)nc(-c4ccc5c(c4)c4ccccc4n5-c4ccccc4)n3)cccc21. The van der Waals surface area contributed by atoms with Gasteiger partial charge in [-0.2, -0.15) is 0 Å². The second-order valence-corrected chi connectivity index (χ2v) is 16.0. The molecule has 3 aromatic heterocycles. The molecule has 12 rings (SSSR count). The summed E-state index contributed by atoms with van der Waals surface area (Å²) in [5.74, 6) is 1.93. The Kier molecular flexibility index (Phi) is 7.20. The van der Waals surface area contributed by atoms with Crippen LogP contribution in [0.1, 0.15) is 25.0 Å². The Morgan fingerprint density at radius 1 is 0.356 bits per heavy atom. The van der Waals surface area contributed by atoms with Crippen LogP contribution in [0.5, 0.6) is 0 Å². The van der Waals surface area contributed by atoms with Crippen LogP contribution >= 0.6 is 0 Å². The van der Waals surface area contributed by atoms with Crippen molar-refractivity contribution in [1.29, 1.82) is 0 Å². The van der Waals surface area contributed by atoms with Gasteiger partial charge in [-0.25, -0.2) is 15.0 Å². The van der Waals surface area contributed by atoms with E-state index in [0.29, 0.717) is 17.5 Å². The fraction of sp³-hybridized carbons (Fsp3) is 0.0556. The molecule has 11 aromatic rings. The van der Waals surface area contributed by atoms with Gasteiger partial charge in [-0.3, -0.25) is 0 Å². The molecule has 0 atom stereocenters. The smallest absolute Gasteiger partial charge is 0.164 e. The largest absolute Gasteiger partial charge is 0.309 e. The predicted molar refractivity (Wildman–Crippen MR) is 242 cm³/mol. The van der Waals surface area contributed by atoms with Gasteiger partial charge in [-0.05, 0) is 95.1 Å². The highest BCUT2D eigenvalue weighted by Crippen LogP contribution is 2.51. The molecule has 0 unspecified atom stereocenters. The van der Waals surface area contributed by atoms with Crippen LogP contribution < -0.4 is 0 Å². The van der Waals surface area contributed by atoms with E-state index in [9.17, 15) is 0 Å². The summed E-state index contributed by atoms with van der Waals surface area (Å²) in [6.07, 6.45) is 0. The van der Waals surface area contributed by atoms with Crippen LogP contribution in [-0.4, -0.2) is 24.1 Å². The number of fused-ring (bicyclic) bond motifs is 9. The molecule has 0 radical (unpaired) electrons. The van der Waals surface area contributed by atoms with Gasteiger partial charge in [-0.15, -0.1) is 0 Å². The van der Waals surface area contributed by atoms with Crippen LogP contribution in [0.2, 0.25) is 0 Å². The second kappa shape index (κ2) is 12.7. The van der Waals surface area contributed by atoms with Crippen molar-refractivity contribution in [3.05, 3.63) is 199 Å². The summed E-state index contributed by atoms with van der Waals surface area (Å²) in [4.78, 5) is 15.9. The van der Waals surface area contributed by atoms with Gasteiger partial charge in [0.05, 0.1) is 22.1 Å². The monoisotopic (exact) mass is 755 g/mol. The Labute approximate surface area is 341 Å². The minimum absolute atomic E-state index is 0.152. The maximum atomic E-state index is 5.34. The molecule has 1 aliphatic carbocycles. The number of hydrogen-bond donors (Lipinski definition) is 0. The lowest BCUT2D eigenvalue weighted by Gasteiger charge is -2.21. The summed E-state index contributed by atoms with van der Waals surface area (Å²) >= 11 is 0. The maximum absolute atomic E-state index is 5.34. The Morgan fingerprint density at radius 3 is 1.51 bits per heavy atom. The van der Waals surface area contributed by atoms with Crippen LogP contribution in [-0.2, 0) is 5.41 Å². The van der Waals surface area contributed by atoms with Gasteiger partial charge in [0, 0.05) is 55.0 Å². The first-order valence-corrected chi connectivity index (χ1v) is 20.2. The highest BCUT2D eigenvalue weighted by atomic mass is 15.0. The van der Waals surface area contributed by atoms with Crippen LogP contribution in [0.25, 0.3) is 100 Å². The minimum atomic E-state index is -0.152. The number of para-hydroxylation sites is 4. The quantitative estimate of drug-likeness (QED) is 0.176. The Hall–Kier alpha value is -7.63. The van der Waals surface area contributed by atoms with Crippen molar-refractivity contribution in [2.75, 3.05) is 0 Å². The third-order valence-corrected chi connectivity index (χ3v) is 12.4. The van der Waals surface area contributed by atoms with Crippen LogP contribution in [0.4, 0.5) is 0 Å². The second-order valence-electron chi connectivity index (χ2n) is 16.0. The van der Waals surface area contributed by atoms with E-state index in [1.54, 1.807) is 0 Å². The van der Waals surface area contributed by atoms with E-state index in [4.69, 9.17) is 15.0 Å². The molecule has 0 N–H and O–H groups in total. The van der Waals surface area contributed by atoms with Gasteiger partial charge in [0.1, 0.15) is 0 Å². The van der Waals surface area contributed by atoms with Crippen molar-refractivity contribution in [2.45, 2.75) is 19.3 Å². The van der Waals surface area contributed by atoms with E-state index in [1.165, 1.54) is 49.4 Å². The molecule has 5 nitrogen and oxygen atoms in total. The van der Waals surface area contributed by atoms with Gasteiger partial charge in [-0.1, -0.05) is 129 Å². The van der Waals surface area contributed by atoms with E-state index in [1.807, 2.05) is 0 Å². The fourth-order valence-corrected chi connectivity index (χ4v) is 9.62. The zero-order chi connectivity index (χ0) is 39.2. The third-order valence-electron chi connectivity index (χ3n) is 12.4. The van der Waals surface area contributed by atoms with Gasteiger partial charge < -0.3 is 9.13 Å². The standard InChI is InChI=1S/C54H37N5/c1-54(2)44-22-10-6-20-41(44)50-42(21-14-23-45(50)54)53-56-51(34-27-30-37(31-28-34)59-46-24-11-7-17-38(46)39-18-8-12-25-47(39)59)55-52(57-53)35-29-32-49-43(33-35)40-19-9-13-26-48(40)58(49)36-15-4-3-5-16-36/h3-33H,1-2H3. The molecule has 0 amide bonds. The van der Waals surface area contributed by atoms with Crippen molar-refractivity contribution in [1.82, 2.24) is 24.1 Å². The van der Waals surface area contributed by atoms with Crippen LogP contribution in [0.15, 0.2) is 188 Å². The third kappa shape index (κ3) is 5.01. The van der Waals surface area contributed by atoms with Crippen LogP contribution in [0.3, 0.4) is 0 Å². The number of hydrogen-bond acceptors (Lipinski definition) is 3. The molecule has 1 aliphatic rings. The fourth-order valence-electron chi connectivity index (χ4n) is 9.62. The molecule has 0 saturated heterocycles. The number of aromatic nitrogens is 5. The molecule has 59 heavy (non-hydrogen) atoms. The summed E-state index contributed by atoms with van der Waals surface area (Å²) < 4.78 is 4.68. The molecule has 0 saturated carbocycles. The zero-order valence-electron chi connectivity index (χ0n) is 32.6. The molecular weight excluding hydrogens is 719 g/mol. The first kappa shape index (κ1) is 33.5. The van der Waals surface area contributed by atoms with Crippen molar-refractivity contribution in [2.24, 2.45) is 0 Å². The summed E-state index contributed by atoms with van der Waals surface area (Å²) in [6.45, 7) is 4.62. The Bertz CT molecular complexity index is 3410. The highest BCUT2D eigenvalue weighted by molar-refractivity contribution is 6.11. The summed E-state index contributed by atoms with van der Waals surface area (Å²) in [5, 5.41) is 4.81. The van der Waals surface area contributed by atoms with Gasteiger partial charge in [0.15, 0.2) is 17.5 Å².